The number of carbonyl (C=O) groups excluding carboxylic acids is 1. The van der Waals surface area contributed by atoms with Gasteiger partial charge in [-0.2, -0.15) is 0 Å². The minimum atomic E-state index is -0.212. The Balaban J connectivity index is 1.81. The minimum absolute atomic E-state index is 0.212. The van der Waals surface area contributed by atoms with Gasteiger partial charge in [-0.15, -0.1) is 0 Å². The number of nitrogens with zero attached hydrogens (tertiary/aromatic N) is 3. The molecule has 0 saturated carbocycles. The molecule has 1 amide bonds. The van der Waals surface area contributed by atoms with E-state index in [4.69, 9.17) is 9.47 Å². The van der Waals surface area contributed by atoms with Crippen LogP contribution in [0.5, 0.6) is 5.75 Å². The number of hydrogen-bond donors (Lipinski definition) is 1. The van der Waals surface area contributed by atoms with E-state index in [0.29, 0.717) is 24.5 Å². The number of methoxy groups -OCH3 is 2. The van der Waals surface area contributed by atoms with Crippen molar-refractivity contribution in [3.05, 3.63) is 54.0 Å². The zero-order valence-electron chi connectivity index (χ0n) is 14.2. The summed E-state index contributed by atoms with van der Waals surface area (Å²) < 4.78 is 12.4. The lowest BCUT2D eigenvalue weighted by atomic mass is 10.2. The standard InChI is InChI=1S/C18H20N4O3/c1-24-11-10-22-16(21-14-7-5-9-19-17(14)22)12-20-18(23)13-6-3-4-8-15(13)25-2/h3-9H,10-12H2,1-2H3,(H,20,23). The highest BCUT2D eigenvalue weighted by atomic mass is 16.5. The van der Waals surface area contributed by atoms with Gasteiger partial charge in [-0.25, -0.2) is 9.97 Å². The van der Waals surface area contributed by atoms with E-state index in [1.54, 1.807) is 38.6 Å². The van der Waals surface area contributed by atoms with Crippen molar-refractivity contribution >= 4 is 17.1 Å². The van der Waals surface area contributed by atoms with Crippen molar-refractivity contribution in [2.24, 2.45) is 0 Å². The van der Waals surface area contributed by atoms with E-state index in [-0.39, 0.29) is 12.5 Å². The van der Waals surface area contributed by atoms with Gasteiger partial charge in [0.1, 0.15) is 17.1 Å². The van der Waals surface area contributed by atoms with Crippen LogP contribution in [-0.4, -0.2) is 41.3 Å². The van der Waals surface area contributed by atoms with Gasteiger partial charge in [0.2, 0.25) is 0 Å². The molecule has 1 aromatic carbocycles. The molecule has 0 aliphatic heterocycles. The van der Waals surface area contributed by atoms with Crippen molar-refractivity contribution in [1.29, 1.82) is 0 Å². The van der Waals surface area contributed by atoms with E-state index in [2.05, 4.69) is 15.3 Å². The van der Waals surface area contributed by atoms with Gasteiger partial charge in [0.25, 0.3) is 5.91 Å². The van der Waals surface area contributed by atoms with Gasteiger partial charge in [-0.05, 0) is 24.3 Å². The van der Waals surface area contributed by atoms with Crippen molar-refractivity contribution in [1.82, 2.24) is 19.9 Å². The molecule has 0 radical (unpaired) electrons. The molecule has 2 aromatic heterocycles. The second kappa shape index (κ2) is 7.76. The lowest BCUT2D eigenvalue weighted by Crippen LogP contribution is -2.25. The SMILES string of the molecule is COCCn1c(CNC(=O)c2ccccc2OC)nc2cccnc21. The Morgan fingerprint density at radius 3 is 2.84 bits per heavy atom. The Hall–Kier alpha value is -2.93. The second-order valence-electron chi connectivity index (χ2n) is 5.40. The molecule has 0 atom stereocenters. The van der Waals surface area contributed by atoms with E-state index >= 15 is 0 Å². The summed E-state index contributed by atoms with van der Waals surface area (Å²) in [6.07, 6.45) is 1.73. The van der Waals surface area contributed by atoms with Crippen LogP contribution in [0.2, 0.25) is 0 Å². The number of fused-ring (bicyclic) bond motifs is 1. The number of pyridine rings is 1. The highest BCUT2D eigenvalue weighted by Gasteiger charge is 2.15. The number of aromatic nitrogens is 3. The molecule has 1 N–H and O–H groups in total. The van der Waals surface area contributed by atoms with Gasteiger partial charge >= 0.3 is 0 Å². The minimum Gasteiger partial charge on any atom is -0.496 e. The zero-order valence-corrected chi connectivity index (χ0v) is 14.2. The maximum absolute atomic E-state index is 12.5. The number of hydrogen-bond acceptors (Lipinski definition) is 5. The quantitative estimate of drug-likeness (QED) is 0.712. The molecule has 2 heterocycles. The molecule has 130 valence electrons. The van der Waals surface area contributed by atoms with E-state index in [9.17, 15) is 4.79 Å². The lowest BCUT2D eigenvalue weighted by Gasteiger charge is -2.11. The average molecular weight is 340 g/mol. The number of rotatable bonds is 7. The van der Waals surface area contributed by atoms with Crippen molar-refractivity contribution in [3.8, 4) is 5.75 Å². The van der Waals surface area contributed by atoms with E-state index in [1.165, 1.54) is 0 Å². The van der Waals surface area contributed by atoms with Crippen LogP contribution in [0.1, 0.15) is 16.2 Å². The first kappa shape index (κ1) is 16.9. The molecule has 7 nitrogen and oxygen atoms in total. The summed E-state index contributed by atoms with van der Waals surface area (Å²) in [7, 11) is 3.19. The topological polar surface area (TPSA) is 78.3 Å². The summed E-state index contributed by atoms with van der Waals surface area (Å²) in [5, 5.41) is 2.90. The fraction of sp³-hybridized carbons (Fsp3) is 0.278. The number of benzene rings is 1. The number of nitrogens with one attached hydrogen (secondary N) is 1. The van der Waals surface area contributed by atoms with Crippen molar-refractivity contribution in [2.75, 3.05) is 20.8 Å². The first-order valence-corrected chi connectivity index (χ1v) is 7.95. The van der Waals surface area contributed by atoms with Gasteiger partial charge in [0.05, 0.1) is 25.8 Å². The van der Waals surface area contributed by atoms with E-state index in [1.807, 2.05) is 22.8 Å². The molecule has 0 bridgehead atoms. The monoisotopic (exact) mass is 340 g/mol. The molecular formula is C18H20N4O3. The molecule has 0 spiro atoms. The van der Waals surface area contributed by atoms with Crippen LogP contribution < -0.4 is 10.1 Å². The maximum atomic E-state index is 12.5. The largest absolute Gasteiger partial charge is 0.496 e. The highest BCUT2D eigenvalue weighted by Crippen LogP contribution is 2.18. The van der Waals surface area contributed by atoms with E-state index < -0.39 is 0 Å². The lowest BCUT2D eigenvalue weighted by molar-refractivity contribution is 0.0946. The van der Waals surface area contributed by atoms with Crippen LogP contribution in [0.15, 0.2) is 42.6 Å². The molecule has 3 aromatic rings. The molecule has 0 aliphatic carbocycles. The van der Waals surface area contributed by atoms with Crippen LogP contribution in [0.25, 0.3) is 11.2 Å². The third-order valence-corrected chi connectivity index (χ3v) is 3.86. The number of carbonyl (C=O) groups is 1. The first-order valence-electron chi connectivity index (χ1n) is 7.95. The Labute approximate surface area is 145 Å². The van der Waals surface area contributed by atoms with Crippen molar-refractivity contribution in [2.45, 2.75) is 13.1 Å². The van der Waals surface area contributed by atoms with Gasteiger partial charge in [0.15, 0.2) is 5.65 Å². The molecule has 3 rings (SSSR count). The van der Waals surface area contributed by atoms with Gasteiger partial charge in [-0.3, -0.25) is 4.79 Å². The summed E-state index contributed by atoms with van der Waals surface area (Å²) in [5.74, 6) is 1.05. The van der Waals surface area contributed by atoms with Crippen LogP contribution in [0.3, 0.4) is 0 Å². The Bertz CT molecular complexity index is 876. The average Bonchev–Trinajstić information content (AvgIpc) is 3.01. The van der Waals surface area contributed by atoms with Crippen molar-refractivity contribution in [3.63, 3.8) is 0 Å². The molecule has 0 aliphatic rings. The first-order chi connectivity index (χ1) is 12.2. The van der Waals surface area contributed by atoms with Crippen LogP contribution in [-0.2, 0) is 17.8 Å². The Kier molecular flexibility index (Phi) is 5.25. The van der Waals surface area contributed by atoms with E-state index in [0.717, 1.165) is 17.0 Å². The normalized spacial score (nSPS) is 10.8. The zero-order chi connectivity index (χ0) is 17.6. The van der Waals surface area contributed by atoms with Gasteiger partial charge < -0.3 is 19.4 Å². The summed E-state index contributed by atoms with van der Waals surface area (Å²) in [6.45, 7) is 1.44. The predicted molar refractivity (Wildman–Crippen MR) is 93.6 cm³/mol. The highest BCUT2D eigenvalue weighted by molar-refractivity contribution is 5.96. The fourth-order valence-corrected chi connectivity index (χ4v) is 2.64. The summed E-state index contributed by atoms with van der Waals surface area (Å²) in [6, 6.07) is 10.8. The Morgan fingerprint density at radius 1 is 1.20 bits per heavy atom. The number of ether oxygens (including phenoxy) is 2. The summed E-state index contributed by atoms with van der Waals surface area (Å²) in [5.41, 5.74) is 2.06. The summed E-state index contributed by atoms with van der Waals surface area (Å²) >= 11 is 0. The molecule has 0 unspecified atom stereocenters. The predicted octanol–water partition coefficient (Wildman–Crippen LogP) is 2.02. The number of imidazole rings is 1. The fourth-order valence-electron chi connectivity index (χ4n) is 2.64. The van der Waals surface area contributed by atoms with Crippen LogP contribution in [0.4, 0.5) is 0 Å². The molecule has 7 heteroatoms. The van der Waals surface area contributed by atoms with Gasteiger partial charge in [-0.1, -0.05) is 12.1 Å². The Morgan fingerprint density at radius 2 is 2.04 bits per heavy atom. The third-order valence-electron chi connectivity index (χ3n) is 3.86. The molecule has 25 heavy (non-hydrogen) atoms. The molecular weight excluding hydrogens is 320 g/mol. The van der Waals surface area contributed by atoms with Crippen LogP contribution in [0, 0.1) is 0 Å². The molecule has 0 fully saturated rings. The summed E-state index contributed by atoms with van der Waals surface area (Å²) in [4.78, 5) is 21.4. The number of para-hydroxylation sites is 1. The van der Waals surface area contributed by atoms with Crippen molar-refractivity contribution < 1.29 is 14.3 Å². The third kappa shape index (κ3) is 3.61. The molecule has 0 saturated heterocycles. The maximum Gasteiger partial charge on any atom is 0.255 e. The van der Waals surface area contributed by atoms with Gasteiger partial charge in [0, 0.05) is 19.9 Å². The smallest absolute Gasteiger partial charge is 0.255 e. The van der Waals surface area contributed by atoms with Crippen LogP contribution >= 0.6 is 0 Å². The number of amides is 1. The second-order valence-corrected chi connectivity index (χ2v) is 5.40.